The molecular weight excluding hydrogens is 254 g/mol. The lowest BCUT2D eigenvalue weighted by Crippen LogP contribution is -2.43. The summed E-state index contributed by atoms with van der Waals surface area (Å²) in [5, 5.41) is 2.15. The van der Waals surface area contributed by atoms with Crippen LogP contribution >= 0.6 is 11.3 Å². The summed E-state index contributed by atoms with van der Waals surface area (Å²) >= 11 is 1.83. The minimum atomic E-state index is 0.215. The Kier molecular flexibility index (Phi) is 7.61. The second-order valence-electron chi connectivity index (χ2n) is 5.37. The molecule has 110 valence electrons. The summed E-state index contributed by atoms with van der Waals surface area (Å²) in [6.07, 6.45) is 2.19. The van der Waals surface area contributed by atoms with Crippen LogP contribution in [0.2, 0.25) is 0 Å². The van der Waals surface area contributed by atoms with Gasteiger partial charge in [-0.3, -0.25) is 4.90 Å². The van der Waals surface area contributed by atoms with Gasteiger partial charge < -0.3 is 10.6 Å². The lowest BCUT2D eigenvalue weighted by Gasteiger charge is -2.35. The lowest BCUT2D eigenvalue weighted by molar-refractivity contribution is 0.157. The highest BCUT2D eigenvalue weighted by Gasteiger charge is 2.25. The summed E-state index contributed by atoms with van der Waals surface area (Å²) in [5.74, 6) is 0. The van der Waals surface area contributed by atoms with Crippen molar-refractivity contribution in [1.82, 2.24) is 9.80 Å². The van der Waals surface area contributed by atoms with E-state index in [2.05, 4.69) is 55.3 Å². The standard InChI is InChI=1S/C15H29N3S/c1-5-9-18(11-10-17(3)4)15(13(16)6-2)14-8-7-12-19-14/h7-8,12-13,15H,5-6,9-11,16H2,1-4H3. The highest BCUT2D eigenvalue weighted by atomic mass is 32.1. The van der Waals surface area contributed by atoms with Gasteiger partial charge in [-0.1, -0.05) is 19.9 Å². The van der Waals surface area contributed by atoms with Crippen molar-refractivity contribution in [2.24, 2.45) is 5.73 Å². The van der Waals surface area contributed by atoms with Crippen molar-refractivity contribution in [2.75, 3.05) is 33.7 Å². The number of hydrogen-bond acceptors (Lipinski definition) is 4. The Morgan fingerprint density at radius 2 is 1.95 bits per heavy atom. The van der Waals surface area contributed by atoms with E-state index in [1.807, 2.05) is 11.3 Å². The summed E-state index contributed by atoms with van der Waals surface area (Å²) in [6, 6.07) is 4.94. The van der Waals surface area contributed by atoms with Crippen LogP contribution in [0.15, 0.2) is 17.5 Å². The van der Waals surface area contributed by atoms with Gasteiger partial charge in [-0.05, 0) is 44.9 Å². The van der Waals surface area contributed by atoms with Crippen LogP contribution in [-0.2, 0) is 0 Å². The van der Waals surface area contributed by atoms with Crippen LogP contribution in [0.5, 0.6) is 0 Å². The van der Waals surface area contributed by atoms with Crippen LogP contribution in [0.25, 0.3) is 0 Å². The third-order valence-corrected chi connectivity index (χ3v) is 4.39. The summed E-state index contributed by atoms with van der Waals surface area (Å²) in [6.45, 7) is 7.70. The second kappa shape index (κ2) is 8.69. The Morgan fingerprint density at radius 1 is 1.21 bits per heavy atom. The van der Waals surface area contributed by atoms with Crippen LogP contribution in [0.4, 0.5) is 0 Å². The quantitative estimate of drug-likeness (QED) is 0.756. The molecule has 0 aromatic carbocycles. The number of likely N-dealkylation sites (N-methyl/N-ethyl adjacent to an activating group) is 1. The van der Waals surface area contributed by atoms with E-state index in [-0.39, 0.29) is 6.04 Å². The van der Waals surface area contributed by atoms with Gasteiger partial charge in [-0.25, -0.2) is 0 Å². The number of nitrogens with zero attached hydrogens (tertiary/aromatic N) is 2. The van der Waals surface area contributed by atoms with Gasteiger partial charge in [0.25, 0.3) is 0 Å². The molecule has 0 aliphatic carbocycles. The van der Waals surface area contributed by atoms with Crippen LogP contribution in [-0.4, -0.2) is 49.6 Å². The monoisotopic (exact) mass is 283 g/mol. The smallest absolute Gasteiger partial charge is 0.0593 e. The van der Waals surface area contributed by atoms with Crippen molar-refractivity contribution in [3.05, 3.63) is 22.4 Å². The van der Waals surface area contributed by atoms with Crippen LogP contribution < -0.4 is 5.73 Å². The predicted molar refractivity (Wildman–Crippen MR) is 85.7 cm³/mol. The zero-order valence-corrected chi connectivity index (χ0v) is 13.6. The Hall–Kier alpha value is -0.420. The Bertz CT molecular complexity index is 324. The molecule has 0 radical (unpaired) electrons. The minimum Gasteiger partial charge on any atom is -0.326 e. The molecule has 2 atom stereocenters. The Balaban J connectivity index is 2.84. The maximum atomic E-state index is 6.40. The van der Waals surface area contributed by atoms with E-state index in [0.717, 1.165) is 26.1 Å². The maximum absolute atomic E-state index is 6.40. The van der Waals surface area contributed by atoms with E-state index in [1.165, 1.54) is 11.3 Å². The Morgan fingerprint density at radius 3 is 2.42 bits per heavy atom. The van der Waals surface area contributed by atoms with Crippen LogP contribution in [0.3, 0.4) is 0 Å². The van der Waals surface area contributed by atoms with Crippen molar-refractivity contribution in [1.29, 1.82) is 0 Å². The predicted octanol–water partition coefficient (Wildman–Crippen LogP) is 2.80. The van der Waals surface area contributed by atoms with E-state index in [0.29, 0.717) is 6.04 Å². The molecule has 2 unspecified atom stereocenters. The first-order chi connectivity index (χ1) is 9.10. The average molecular weight is 283 g/mol. The zero-order valence-electron chi connectivity index (χ0n) is 12.8. The van der Waals surface area contributed by atoms with Gasteiger partial charge in [0.05, 0.1) is 6.04 Å². The van der Waals surface area contributed by atoms with E-state index < -0.39 is 0 Å². The molecule has 0 aliphatic heterocycles. The van der Waals surface area contributed by atoms with Crippen molar-refractivity contribution in [2.45, 2.75) is 38.8 Å². The second-order valence-corrected chi connectivity index (χ2v) is 6.35. The van der Waals surface area contributed by atoms with Crippen molar-refractivity contribution >= 4 is 11.3 Å². The average Bonchev–Trinajstić information content (AvgIpc) is 2.89. The van der Waals surface area contributed by atoms with E-state index in [1.54, 1.807) is 0 Å². The lowest BCUT2D eigenvalue weighted by atomic mass is 10.0. The van der Waals surface area contributed by atoms with Crippen LogP contribution in [0, 0.1) is 0 Å². The summed E-state index contributed by atoms with van der Waals surface area (Å²) in [5.41, 5.74) is 6.40. The minimum absolute atomic E-state index is 0.215. The molecule has 3 nitrogen and oxygen atoms in total. The SMILES string of the molecule is CCCN(CCN(C)C)C(c1cccs1)C(N)CC. The van der Waals surface area contributed by atoms with E-state index >= 15 is 0 Å². The molecule has 0 amide bonds. The molecule has 2 N–H and O–H groups in total. The maximum Gasteiger partial charge on any atom is 0.0593 e. The highest BCUT2D eigenvalue weighted by molar-refractivity contribution is 7.10. The fourth-order valence-electron chi connectivity index (χ4n) is 2.35. The van der Waals surface area contributed by atoms with E-state index in [9.17, 15) is 0 Å². The van der Waals surface area contributed by atoms with Crippen molar-refractivity contribution in [3.8, 4) is 0 Å². The first-order valence-electron chi connectivity index (χ1n) is 7.27. The molecule has 1 aromatic rings. The zero-order chi connectivity index (χ0) is 14.3. The van der Waals surface area contributed by atoms with Gasteiger partial charge in [-0.15, -0.1) is 11.3 Å². The summed E-state index contributed by atoms with van der Waals surface area (Å²) in [7, 11) is 4.26. The van der Waals surface area contributed by atoms with Gasteiger partial charge in [-0.2, -0.15) is 0 Å². The number of nitrogens with two attached hydrogens (primary N) is 1. The fourth-order valence-corrected chi connectivity index (χ4v) is 3.28. The van der Waals surface area contributed by atoms with Crippen LogP contribution in [0.1, 0.15) is 37.6 Å². The summed E-state index contributed by atoms with van der Waals surface area (Å²) < 4.78 is 0. The molecule has 0 aliphatic rings. The number of thiophene rings is 1. The van der Waals surface area contributed by atoms with Crippen molar-refractivity contribution < 1.29 is 0 Å². The van der Waals surface area contributed by atoms with Gasteiger partial charge >= 0.3 is 0 Å². The highest BCUT2D eigenvalue weighted by Crippen LogP contribution is 2.28. The van der Waals surface area contributed by atoms with Gasteiger partial charge in [0, 0.05) is 24.0 Å². The first kappa shape index (κ1) is 16.6. The van der Waals surface area contributed by atoms with Gasteiger partial charge in [0.15, 0.2) is 0 Å². The third-order valence-electron chi connectivity index (χ3n) is 3.45. The normalized spacial score (nSPS) is 15.1. The van der Waals surface area contributed by atoms with Gasteiger partial charge in [0.2, 0.25) is 0 Å². The number of hydrogen-bond donors (Lipinski definition) is 1. The molecule has 19 heavy (non-hydrogen) atoms. The van der Waals surface area contributed by atoms with Crippen molar-refractivity contribution in [3.63, 3.8) is 0 Å². The summed E-state index contributed by atoms with van der Waals surface area (Å²) in [4.78, 5) is 6.20. The molecule has 0 fully saturated rings. The third kappa shape index (κ3) is 5.22. The Labute approximate surface area is 122 Å². The van der Waals surface area contributed by atoms with E-state index in [4.69, 9.17) is 5.73 Å². The largest absolute Gasteiger partial charge is 0.326 e. The molecule has 0 bridgehead atoms. The molecule has 0 spiro atoms. The first-order valence-corrected chi connectivity index (χ1v) is 8.15. The molecule has 1 rings (SSSR count). The van der Waals surface area contributed by atoms with Gasteiger partial charge in [0.1, 0.15) is 0 Å². The molecule has 1 heterocycles. The topological polar surface area (TPSA) is 32.5 Å². The molecule has 1 aromatic heterocycles. The molecule has 0 saturated heterocycles. The molecule has 0 saturated carbocycles. The number of rotatable bonds is 9. The molecule has 4 heteroatoms. The molecular formula is C15H29N3S. The fraction of sp³-hybridized carbons (Fsp3) is 0.733.